The van der Waals surface area contributed by atoms with Crippen molar-refractivity contribution in [3.05, 3.63) is 12.7 Å². The Kier molecular flexibility index (Phi) is 11.8. The highest BCUT2D eigenvalue weighted by Crippen LogP contribution is 2.05. The zero-order chi connectivity index (χ0) is 18.5. The Bertz CT molecular complexity index is 475. The molecule has 5 N–H and O–H groups in total. The Balaban J connectivity index is 4.57. The van der Waals surface area contributed by atoms with Crippen LogP contribution >= 0.6 is 24.6 Å². The summed E-state index contributed by atoms with van der Waals surface area (Å²) in [5, 5.41) is 22.1. The maximum atomic E-state index is 11.9. The molecule has 0 rings (SSSR count). The molecule has 0 fully saturated rings. The average Bonchev–Trinajstić information content (AvgIpc) is 2.52. The van der Waals surface area contributed by atoms with Gasteiger partial charge in [-0.05, 0) is 6.42 Å². The van der Waals surface area contributed by atoms with Gasteiger partial charge < -0.3 is 20.8 Å². The summed E-state index contributed by atoms with van der Waals surface area (Å²) in [6.45, 7) is 2.99. The molecule has 0 unspecified atom stereocenters. The Labute approximate surface area is 149 Å². The fraction of sp³-hybridized carbons (Fsp3) is 0.538. The van der Waals surface area contributed by atoms with Crippen molar-refractivity contribution in [2.45, 2.75) is 24.9 Å². The number of carbonyl (C=O) groups excluding carboxylic acids is 2. The quantitative estimate of drug-likeness (QED) is 0.139. The lowest BCUT2D eigenvalue weighted by molar-refractivity contribution is -0.139. The third-order valence-electron chi connectivity index (χ3n) is 2.70. The molecule has 2 amide bonds. The monoisotopic (exact) mass is 379 g/mol. The van der Waals surface area contributed by atoms with Gasteiger partial charge in [0.1, 0.15) is 18.6 Å². The van der Waals surface area contributed by atoms with Gasteiger partial charge in [0.15, 0.2) is 0 Å². The Hall–Kier alpha value is -1.72. The number of nitrogens with one attached hydrogen (secondary N) is 3. The second-order valence-corrected chi connectivity index (χ2v) is 5.95. The molecule has 0 bridgehead atoms. The molecule has 24 heavy (non-hydrogen) atoms. The molecule has 2 atom stereocenters. The smallest absolute Gasteiger partial charge is 0.322 e. The van der Waals surface area contributed by atoms with Crippen molar-refractivity contribution < 1.29 is 29.4 Å². The van der Waals surface area contributed by atoms with Crippen LogP contribution < -0.4 is 15.4 Å². The number of thioether (sulfide) groups is 1. The third-order valence-corrected chi connectivity index (χ3v) is 4.05. The van der Waals surface area contributed by atoms with Crippen molar-refractivity contribution in [3.63, 3.8) is 0 Å². The maximum absolute atomic E-state index is 11.9. The largest absolute Gasteiger partial charge is 0.480 e. The number of thiol groups is 1. The molecular weight excluding hydrogens is 358 g/mol. The minimum atomic E-state index is -1.20. The molecule has 0 aromatic carbocycles. The van der Waals surface area contributed by atoms with E-state index in [1.54, 1.807) is 6.08 Å². The fourth-order valence-corrected chi connectivity index (χ4v) is 2.54. The van der Waals surface area contributed by atoms with Gasteiger partial charge in [0.05, 0.1) is 0 Å². The molecule has 0 aromatic rings. The van der Waals surface area contributed by atoms with Crippen LogP contribution in [0.1, 0.15) is 12.8 Å². The van der Waals surface area contributed by atoms with Crippen molar-refractivity contribution >= 4 is 48.3 Å². The van der Waals surface area contributed by atoms with E-state index < -0.39 is 42.4 Å². The van der Waals surface area contributed by atoms with Gasteiger partial charge >= 0.3 is 11.9 Å². The third kappa shape index (κ3) is 10.1. The van der Waals surface area contributed by atoms with Gasteiger partial charge in [0.25, 0.3) is 0 Å². The number of carbonyl (C=O) groups is 4. The van der Waals surface area contributed by atoms with Crippen LogP contribution in [0.2, 0.25) is 0 Å². The number of amides is 2. The fourth-order valence-electron chi connectivity index (χ4n) is 1.52. The van der Waals surface area contributed by atoms with Crippen LogP contribution in [-0.2, 0) is 19.2 Å². The summed E-state index contributed by atoms with van der Waals surface area (Å²) in [5.41, 5.74) is 0. The van der Waals surface area contributed by atoms with Gasteiger partial charge in [-0.2, -0.15) is 11.8 Å². The first-order valence-electron chi connectivity index (χ1n) is 6.91. The van der Waals surface area contributed by atoms with Crippen LogP contribution in [0.15, 0.2) is 12.7 Å². The maximum Gasteiger partial charge on any atom is 0.322 e. The Morgan fingerprint density at radius 3 is 2.38 bits per heavy atom. The summed E-state index contributed by atoms with van der Waals surface area (Å²) in [7, 11) is 0. The summed E-state index contributed by atoms with van der Waals surface area (Å²) >= 11 is 5.01. The summed E-state index contributed by atoms with van der Waals surface area (Å²) in [4.78, 5) is 45.1. The van der Waals surface area contributed by atoms with E-state index >= 15 is 0 Å². The SMILES string of the molecule is C=CCSC[C@H](NC(=O)CC[C@H](NS)C(=O)O)C(=O)NCC(=O)O. The predicted molar refractivity (Wildman–Crippen MR) is 92.9 cm³/mol. The van der Waals surface area contributed by atoms with Crippen molar-refractivity contribution in [3.8, 4) is 0 Å². The minimum Gasteiger partial charge on any atom is -0.480 e. The first-order valence-corrected chi connectivity index (χ1v) is 8.51. The first-order chi connectivity index (χ1) is 11.3. The molecule has 0 aliphatic carbocycles. The standard InChI is InChI=1S/C13H21N3O6S2/c1-2-5-24-7-9(12(20)14-6-11(18)19)15-10(17)4-3-8(16-23)13(21)22/h2,8-9,16,23H,1,3-7H2,(H,14,20)(H,15,17)(H,18,19)(H,21,22)/t8-,9-/m0/s1. The number of hydrogen-bond acceptors (Lipinski definition) is 7. The molecule has 11 heteroatoms. The summed E-state index contributed by atoms with van der Waals surface area (Å²) in [6.07, 6.45) is 1.50. The van der Waals surface area contributed by atoms with E-state index in [-0.39, 0.29) is 18.6 Å². The van der Waals surface area contributed by atoms with E-state index in [2.05, 4.69) is 34.7 Å². The molecule has 0 radical (unpaired) electrons. The lowest BCUT2D eigenvalue weighted by Crippen LogP contribution is -2.49. The summed E-state index contributed by atoms with van der Waals surface area (Å²) in [6, 6.07) is -1.91. The van der Waals surface area contributed by atoms with Crippen LogP contribution in [0.3, 0.4) is 0 Å². The van der Waals surface area contributed by atoms with Gasteiger partial charge in [0, 0.05) is 17.9 Å². The lowest BCUT2D eigenvalue weighted by Gasteiger charge is -2.18. The zero-order valence-corrected chi connectivity index (χ0v) is 14.6. The highest BCUT2D eigenvalue weighted by molar-refractivity contribution is 7.99. The van der Waals surface area contributed by atoms with E-state index in [4.69, 9.17) is 10.2 Å². The zero-order valence-electron chi connectivity index (χ0n) is 12.9. The number of hydrogen-bond donors (Lipinski definition) is 6. The summed E-state index contributed by atoms with van der Waals surface area (Å²) in [5.74, 6) is -2.69. The predicted octanol–water partition coefficient (Wildman–Crippen LogP) is -0.741. The van der Waals surface area contributed by atoms with Crippen molar-refractivity contribution in [1.82, 2.24) is 15.4 Å². The van der Waals surface area contributed by atoms with Crippen molar-refractivity contribution in [2.24, 2.45) is 0 Å². The van der Waals surface area contributed by atoms with Gasteiger partial charge in [-0.25, -0.2) is 0 Å². The second kappa shape index (κ2) is 12.7. The Morgan fingerprint density at radius 1 is 1.21 bits per heavy atom. The van der Waals surface area contributed by atoms with Crippen LogP contribution in [0, 0.1) is 0 Å². The van der Waals surface area contributed by atoms with E-state index in [1.807, 2.05) is 0 Å². The molecule has 0 aromatic heterocycles. The van der Waals surface area contributed by atoms with Crippen LogP contribution in [-0.4, -0.2) is 64.1 Å². The molecule has 0 aliphatic heterocycles. The number of carboxylic acid groups (broad SMARTS) is 2. The molecular formula is C13H21N3O6S2. The molecule has 0 saturated heterocycles. The first kappa shape index (κ1) is 22.3. The lowest BCUT2D eigenvalue weighted by atomic mass is 10.1. The van der Waals surface area contributed by atoms with Crippen molar-refractivity contribution in [2.75, 3.05) is 18.1 Å². The topological polar surface area (TPSA) is 145 Å². The number of carboxylic acids is 2. The van der Waals surface area contributed by atoms with Crippen molar-refractivity contribution in [1.29, 1.82) is 0 Å². The Morgan fingerprint density at radius 2 is 1.88 bits per heavy atom. The molecule has 0 heterocycles. The average molecular weight is 379 g/mol. The van der Waals surface area contributed by atoms with Crippen LogP contribution in [0.5, 0.6) is 0 Å². The summed E-state index contributed by atoms with van der Waals surface area (Å²) < 4.78 is 2.26. The van der Waals surface area contributed by atoms with Gasteiger partial charge in [-0.3, -0.25) is 23.9 Å². The molecule has 0 spiro atoms. The van der Waals surface area contributed by atoms with E-state index in [0.717, 1.165) is 0 Å². The highest BCUT2D eigenvalue weighted by atomic mass is 32.2. The molecule has 0 aliphatic rings. The van der Waals surface area contributed by atoms with Gasteiger partial charge in [-0.15, -0.1) is 6.58 Å². The molecule has 136 valence electrons. The number of aliphatic carboxylic acids is 2. The van der Waals surface area contributed by atoms with Gasteiger partial charge in [0.2, 0.25) is 11.8 Å². The second-order valence-electron chi connectivity index (χ2n) is 4.62. The van der Waals surface area contributed by atoms with Crippen LogP contribution in [0.4, 0.5) is 0 Å². The van der Waals surface area contributed by atoms with Gasteiger partial charge in [-0.1, -0.05) is 18.9 Å². The van der Waals surface area contributed by atoms with E-state index in [0.29, 0.717) is 5.75 Å². The number of rotatable bonds is 13. The molecule has 0 saturated carbocycles. The minimum absolute atomic E-state index is 0.00602. The van der Waals surface area contributed by atoms with E-state index in [1.165, 1.54) is 11.8 Å². The normalized spacial score (nSPS) is 12.7. The molecule has 9 nitrogen and oxygen atoms in total. The highest BCUT2D eigenvalue weighted by Gasteiger charge is 2.22. The van der Waals surface area contributed by atoms with E-state index in [9.17, 15) is 19.2 Å². The van der Waals surface area contributed by atoms with Crippen LogP contribution in [0.25, 0.3) is 0 Å².